The van der Waals surface area contributed by atoms with E-state index in [0.717, 1.165) is 44.4 Å². The topological polar surface area (TPSA) is 49.8 Å². The lowest BCUT2D eigenvalue weighted by atomic mass is 9.94. The molecule has 25 heavy (non-hydrogen) atoms. The number of carbonyl (C=O) groups is 1. The number of amides is 1. The Morgan fingerprint density at radius 1 is 1.24 bits per heavy atom. The van der Waals surface area contributed by atoms with Crippen molar-refractivity contribution in [2.24, 2.45) is 5.92 Å². The summed E-state index contributed by atoms with van der Waals surface area (Å²) >= 11 is 0. The minimum Gasteiger partial charge on any atom is -0.396 e. The van der Waals surface area contributed by atoms with Crippen LogP contribution in [0.2, 0.25) is 0 Å². The summed E-state index contributed by atoms with van der Waals surface area (Å²) in [4.78, 5) is 12.5. The van der Waals surface area contributed by atoms with Crippen molar-refractivity contribution in [3.8, 4) is 0 Å². The first-order valence-corrected chi connectivity index (χ1v) is 9.40. The Morgan fingerprint density at radius 3 is 2.28 bits per heavy atom. The Hall–Kier alpha value is -1.39. The van der Waals surface area contributed by atoms with Crippen LogP contribution in [0.15, 0.2) is 36.5 Å². The van der Waals surface area contributed by atoms with E-state index in [0.29, 0.717) is 12.0 Å². The average Bonchev–Trinajstić information content (AvgIpc) is 2.63. The molecule has 0 bridgehead atoms. The Kier molecular flexibility index (Phi) is 13.1. The maximum absolute atomic E-state index is 10.7. The summed E-state index contributed by atoms with van der Waals surface area (Å²) in [5, 5.41) is 8.70. The van der Waals surface area contributed by atoms with E-state index in [1.165, 1.54) is 12.0 Å². The molecule has 2 unspecified atom stereocenters. The van der Waals surface area contributed by atoms with Crippen molar-refractivity contribution in [3.05, 3.63) is 36.5 Å². The Balaban J connectivity index is 0.000000417. The summed E-state index contributed by atoms with van der Waals surface area (Å²) in [5.74, 6) is 0.404. The molecular formula is C21H37NO3. The van der Waals surface area contributed by atoms with Crippen LogP contribution in [-0.4, -0.2) is 48.3 Å². The number of allylic oxidation sites excluding steroid dienone is 1. The van der Waals surface area contributed by atoms with Crippen molar-refractivity contribution < 1.29 is 14.6 Å². The van der Waals surface area contributed by atoms with Crippen LogP contribution in [0, 0.1) is 5.92 Å². The Bertz CT molecular complexity index is 423. The number of rotatable bonds is 4. The predicted octanol–water partition coefficient (Wildman–Crippen LogP) is 4.12. The summed E-state index contributed by atoms with van der Waals surface area (Å²) in [6.45, 7) is 17.7. The van der Waals surface area contributed by atoms with Crippen LogP contribution < -0.4 is 0 Å². The zero-order valence-electron chi connectivity index (χ0n) is 16.5. The molecule has 0 saturated carbocycles. The average molecular weight is 352 g/mol. The zero-order valence-corrected chi connectivity index (χ0v) is 16.5. The van der Waals surface area contributed by atoms with E-state index in [-0.39, 0.29) is 12.6 Å². The van der Waals surface area contributed by atoms with Gasteiger partial charge in [0.25, 0.3) is 0 Å². The van der Waals surface area contributed by atoms with Gasteiger partial charge < -0.3 is 14.7 Å². The second-order valence-corrected chi connectivity index (χ2v) is 6.64. The van der Waals surface area contributed by atoms with Crippen molar-refractivity contribution in [3.63, 3.8) is 0 Å². The number of carbonyl (C=O) groups excluding carboxylic acids is 1. The Labute approximate surface area is 154 Å². The van der Waals surface area contributed by atoms with Gasteiger partial charge in [0.1, 0.15) is 0 Å². The van der Waals surface area contributed by atoms with Gasteiger partial charge in [-0.1, -0.05) is 45.6 Å². The molecule has 1 fully saturated rings. The molecule has 0 aromatic rings. The molecule has 0 radical (unpaired) electrons. The fourth-order valence-electron chi connectivity index (χ4n) is 2.78. The van der Waals surface area contributed by atoms with Gasteiger partial charge in [-0.05, 0) is 44.3 Å². The van der Waals surface area contributed by atoms with Crippen molar-refractivity contribution in [1.82, 2.24) is 4.90 Å². The summed E-state index contributed by atoms with van der Waals surface area (Å²) in [6, 6.07) is 0.136. The van der Waals surface area contributed by atoms with Gasteiger partial charge in [0.2, 0.25) is 6.41 Å². The molecule has 2 heterocycles. The van der Waals surface area contributed by atoms with E-state index in [1.54, 1.807) is 4.90 Å². The normalized spacial score (nSPS) is 25.8. The van der Waals surface area contributed by atoms with Gasteiger partial charge >= 0.3 is 0 Å². The first kappa shape index (κ1) is 23.6. The van der Waals surface area contributed by atoms with Crippen molar-refractivity contribution >= 4 is 6.41 Å². The van der Waals surface area contributed by atoms with Crippen LogP contribution in [0.5, 0.6) is 0 Å². The summed E-state index contributed by atoms with van der Waals surface area (Å²) in [6.07, 6.45) is 9.34. The molecule has 144 valence electrons. The molecule has 2 rings (SSSR count). The molecule has 0 aromatic carbocycles. The summed E-state index contributed by atoms with van der Waals surface area (Å²) < 4.78 is 5.32. The summed E-state index contributed by atoms with van der Waals surface area (Å²) in [5.41, 5.74) is 2.33. The van der Waals surface area contributed by atoms with E-state index < -0.39 is 0 Å². The fourth-order valence-corrected chi connectivity index (χ4v) is 2.78. The fraction of sp³-hybridized carbons (Fsp3) is 0.667. The van der Waals surface area contributed by atoms with Gasteiger partial charge in [-0.3, -0.25) is 4.79 Å². The highest BCUT2D eigenvalue weighted by Gasteiger charge is 2.21. The zero-order chi connectivity index (χ0) is 19.2. The predicted molar refractivity (Wildman–Crippen MR) is 105 cm³/mol. The molecule has 1 saturated heterocycles. The highest BCUT2D eigenvalue weighted by Crippen LogP contribution is 2.24. The minimum absolute atomic E-state index is 0.136. The number of hydrogen-bond donors (Lipinski definition) is 1. The van der Waals surface area contributed by atoms with Crippen LogP contribution in [0.3, 0.4) is 0 Å². The molecule has 1 amide bonds. The molecule has 3 atom stereocenters. The van der Waals surface area contributed by atoms with Crippen molar-refractivity contribution in [1.29, 1.82) is 0 Å². The number of aliphatic hydroxyl groups is 1. The molecule has 4 nitrogen and oxygen atoms in total. The molecular weight excluding hydrogens is 314 g/mol. The van der Waals surface area contributed by atoms with Crippen LogP contribution in [-0.2, 0) is 9.53 Å². The third-order valence-electron chi connectivity index (χ3n) is 4.42. The van der Waals surface area contributed by atoms with E-state index in [2.05, 4.69) is 33.9 Å². The van der Waals surface area contributed by atoms with E-state index in [4.69, 9.17) is 9.84 Å². The quantitative estimate of drug-likeness (QED) is 0.775. The first-order chi connectivity index (χ1) is 12.0. The van der Waals surface area contributed by atoms with Gasteiger partial charge in [0, 0.05) is 19.1 Å². The number of ether oxygens (including phenoxy) is 1. The van der Waals surface area contributed by atoms with E-state index in [9.17, 15) is 4.79 Å². The maximum Gasteiger partial charge on any atom is 0.210 e. The highest BCUT2D eigenvalue weighted by atomic mass is 16.5. The molecule has 4 heteroatoms. The molecule has 0 spiro atoms. The highest BCUT2D eigenvalue weighted by molar-refractivity contribution is 5.52. The van der Waals surface area contributed by atoms with Crippen LogP contribution in [0.4, 0.5) is 0 Å². The molecule has 2 aliphatic rings. The third-order valence-corrected chi connectivity index (χ3v) is 4.42. The molecule has 2 aliphatic heterocycles. The van der Waals surface area contributed by atoms with Crippen LogP contribution >= 0.6 is 0 Å². The third kappa shape index (κ3) is 8.50. The smallest absolute Gasteiger partial charge is 0.210 e. The van der Waals surface area contributed by atoms with Gasteiger partial charge in [0.05, 0.1) is 18.8 Å². The van der Waals surface area contributed by atoms with Crippen molar-refractivity contribution in [2.45, 2.75) is 65.5 Å². The van der Waals surface area contributed by atoms with Gasteiger partial charge in [0.15, 0.2) is 0 Å². The lowest BCUT2D eigenvalue weighted by molar-refractivity contribution is -0.119. The maximum atomic E-state index is 10.7. The summed E-state index contributed by atoms with van der Waals surface area (Å²) in [7, 11) is 0. The molecule has 0 aromatic heterocycles. The number of nitrogens with zero attached hydrogens (tertiary/aromatic N) is 1. The molecule has 1 N–H and O–H groups in total. The van der Waals surface area contributed by atoms with Crippen LogP contribution in [0.25, 0.3) is 0 Å². The number of aliphatic hydroxyl groups excluding tert-OH is 1. The van der Waals surface area contributed by atoms with Crippen molar-refractivity contribution in [2.75, 3.05) is 19.8 Å². The first-order valence-electron chi connectivity index (χ1n) is 9.40. The van der Waals surface area contributed by atoms with Gasteiger partial charge in [-0.2, -0.15) is 0 Å². The van der Waals surface area contributed by atoms with Gasteiger partial charge in [-0.15, -0.1) is 0 Å². The SMILES string of the molecule is C=CC1=C(C=C)[C@H](C)N(C=O)CC1.CC1CCC(CO)CO1.CCC. The van der Waals surface area contributed by atoms with Crippen LogP contribution in [0.1, 0.15) is 53.4 Å². The largest absolute Gasteiger partial charge is 0.396 e. The monoisotopic (exact) mass is 351 g/mol. The lowest BCUT2D eigenvalue weighted by Crippen LogP contribution is -2.37. The standard InChI is InChI=1S/C11H15NO.C7H14O2.C3H8/c1-4-10-6-7-12(8-13)9(3)11(10)5-2;1-6-2-3-7(4-8)5-9-6;1-3-2/h4-5,8-9H,1-2,6-7H2,3H3;6-8H,2-5H2,1H3;3H2,1-2H3/t9-;;/m0../s1. The number of hydrogen-bond acceptors (Lipinski definition) is 3. The van der Waals surface area contributed by atoms with E-state index >= 15 is 0 Å². The second-order valence-electron chi connectivity index (χ2n) is 6.64. The molecule has 0 aliphatic carbocycles. The van der Waals surface area contributed by atoms with E-state index in [1.807, 2.05) is 19.1 Å². The minimum atomic E-state index is 0.136. The lowest BCUT2D eigenvalue weighted by Gasteiger charge is -2.32. The Morgan fingerprint density at radius 2 is 1.88 bits per heavy atom. The second kappa shape index (κ2) is 13.9. The van der Waals surface area contributed by atoms with Gasteiger partial charge in [-0.25, -0.2) is 0 Å².